The van der Waals surface area contributed by atoms with Crippen molar-refractivity contribution in [3.8, 4) is 0 Å². The standard InChI is InChI=1S/C13H13Br3N2O/c1-18(2)12-4-3-8(14)5-11(12)17-7-9-6-10(15)13(16)19-9/h3-6,17H,7H2,1-2H3. The normalized spacial score (nSPS) is 10.6. The molecule has 0 amide bonds. The second kappa shape index (κ2) is 6.33. The van der Waals surface area contributed by atoms with Crippen molar-refractivity contribution in [3.63, 3.8) is 0 Å². The summed E-state index contributed by atoms with van der Waals surface area (Å²) in [4.78, 5) is 2.07. The van der Waals surface area contributed by atoms with Crippen LogP contribution in [0.25, 0.3) is 0 Å². The zero-order valence-electron chi connectivity index (χ0n) is 10.5. The molecule has 1 heterocycles. The molecule has 0 aliphatic carbocycles. The third kappa shape index (κ3) is 3.77. The minimum absolute atomic E-state index is 0.626. The fourth-order valence-electron chi connectivity index (χ4n) is 1.70. The number of nitrogens with one attached hydrogen (secondary N) is 1. The third-order valence-electron chi connectivity index (χ3n) is 2.59. The predicted molar refractivity (Wildman–Crippen MR) is 89.9 cm³/mol. The summed E-state index contributed by atoms with van der Waals surface area (Å²) in [6.45, 7) is 0.626. The number of anilines is 2. The van der Waals surface area contributed by atoms with Crippen molar-refractivity contribution in [1.82, 2.24) is 0 Å². The molecule has 19 heavy (non-hydrogen) atoms. The number of hydrogen-bond donors (Lipinski definition) is 1. The van der Waals surface area contributed by atoms with E-state index in [9.17, 15) is 0 Å². The van der Waals surface area contributed by atoms with E-state index in [4.69, 9.17) is 4.42 Å². The highest BCUT2D eigenvalue weighted by Crippen LogP contribution is 2.30. The first kappa shape index (κ1) is 14.9. The van der Waals surface area contributed by atoms with Gasteiger partial charge in [-0.05, 0) is 56.1 Å². The Kier molecular flexibility index (Phi) is 4.97. The summed E-state index contributed by atoms with van der Waals surface area (Å²) < 4.78 is 8.23. The van der Waals surface area contributed by atoms with Crippen molar-refractivity contribution in [3.05, 3.63) is 43.6 Å². The minimum atomic E-state index is 0.626. The monoisotopic (exact) mass is 450 g/mol. The lowest BCUT2D eigenvalue weighted by Crippen LogP contribution is -2.12. The van der Waals surface area contributed by atoms with Gasteiger partial charge in [0, 0.05) is 18.6 Å². The molecule has 0 bridgehead atoms. The number of halogens is 3. The second-order valence-electron chi connectivity index (χ2n) is 4.24. The van der Waals surface area contributed by atoms with Crippen LogP contribution in [-0.4, -0.2) is 14.1 Å². The molecule has 3 nitrogen and oxygen atoms in total. The van der Waals surface area contributed by atoms with Gasteiger partial charge in [-0.3, -0.25) is 0 Å². The number of furan rings is 1. The Hall–Kier alpha value is -0.460. The number of rotatable bonds is 4. The van der Waals surface area contributed by atoms with E-state index in [1.165, 1.54) is 0 Å². The summed E-state index contributed by atoms with van der Waals surface area (Å²) in [5, 5.41) is 3.39. The zero-order valence-corrected chi connectivity index (χ0v) is 15.3. The molecule has 0 atom stereocenters. The van der Waals surface area contributed by atoms with E-state index in [1.54, 1.807) is 0 Å². The van der Waals surface area contributed by atoms with Gasteiger partial charge >= 0.3 is 0 Å². The Balaban J connectivity index is 2.16. The quantitative estimate of drug-likeness (QED) is 0.687. The molecule has 1 aromatic carbocycles. The van der Waals surface area contributed by atoms with Crippen LogP contribution in [0.15, 0.2) is 42.3 Å². The van der Waals surface area contributed by atoms with Crippen molar-refractivity contribution in [1.29, 1.82) is 0 Å². The SMILES string of the molecule is CN(C)c1ccc(Br)cc1NCc1cc(Br)c(Br)o1. The molecule has 1 N–H and O–H groups in total. The Bertz CT molecular complexity index is 562. The highest BCUT2D eigenvalue weighted by Gasteiger charge is 2.08. The first-order valence-electron chi connectivity index (χ1n) is 5.62. The first-order valence-corrected chi connectivity index (χ1v) is 7.99. The summed E-state index contributed by atoms with van der Waals surface area (Å²) in [6, 6.07) is 8.10. The molecule has 2 aromatic rings. The first-order chi connectivity index (χ1) is 8.97. The average molecular weight is 453 g/mol. The second-order valence-corrected chi connectivity index (χ2v) is 6.73. The van der Waals surface area contributed by atoms with Crippen LogP contribution in [-0.2, 0) is 6.54 Å². The van der Waals surface area contributed by atoms with Crippen LogP contribution < -0.4 is 10.2 Å². The largest absolute Gasteiger partial charge is 0.451 e. The van der Waals surface area contributed by atoms with Crippen molar-refractivity contribution in [2.45, 2.75) is 6.54 Å². The lowest BCUT2D eigenvalue weighted by molar-refractivity contribution is 0.494. The summed E-state index contributed by atoms with van der Waals surface area (Å²) in [5.41, 5.74) is 2.19. The highest BCUT2D eigenvalue weighted by molar-refractivity contribution is 9.13. The summed E-state index contributed by atoms with van der Waals surface area (Å²) >= 11 is 10.2. The van der Waals surface area contributed by atoms with E-state index in [-0.39, 0.29) is 0 Å². The molecule has 0 spiro atoms. The van der Waals surface area contributed by atoms with Gasteiger partial charge in [-0.15, -0.1) is 0 Å². The molecule has 102 valence electrons. The fraction of sp³-hybridized carbons (Fsp3) is 0.231. The molecule has 6 heteroatoms. The van der Waals surface area contributed by atoms with Gasteiger partial charge < -0.3 is 14.6 Å². The maximum atomic E-state index is 5.55. The molecule has 0 unspecified atom stereocenters. The van der Waals surface area contributed by atoms with Gasteiger partial charge in [0.1, 0.15) is 5.76 Å². The van der Waals surface area contributed by atoms with Gasteiger partial charge in [-0.25, -0.2) is 0 Å². The molecular weight excluding hydrogens is 440 g/mol. The van der Waals surface area contributed by atoms with Gasteiger partial charge in [0.2, 0.25) is 0 Å². The van der Waals surface area contributed by atoms with Crippen LogP contribution in [0, 0.1) is 0 Å². The number of nitrogens with zero attached hydrogens (tertiary/aromatic N) is 1. The van der Waals surface area contributed by atoms with E-state index in [0.29, 0.717) is 11.2 Å². The molecular formula is C13H13Br3N2O. The van der Waals surface area contributed by atoms with Gasteiger partial charge in [-0.1, -0.05) is 15.9 Å². The molecule has 0 saturated heterocycles. The zero-order chi connectivity index (χ0) is 14.0. The van der Waals surface area contributed by atoms with Crippen LogP contribution in [0.2, 0.25) is 0 Å². The van der Waals surface area contributed by atoms with Crippen LogP contribution in [0.1, 0.15) is 5.76 Å². The average Bonchev–Trinajstić information content (AvgIpc) is 2.66. The van der Waals surface area contributed by atoms with E-state index >= 15 is 0 Å². The van der Waals surface area contributed by atoms with Gasteiger partial charge in [0.05, 0.1) is 22.4 Å². The minimum Gasteiger partial charge on any atom is -0.451 e. The van der Waals surface area contributed by atoms with Crippen molar-refractivity contribution >= 4 is 59.2 Å². The number of benzene rings is 1. The van der Waals surface area contributed by atoms with Crippen LogP contribution in [0.4, 0.5) is 11.4 Å². The Morgan fingerprint density at radius 2 is 1.89 bits per heavy atom. The van der Waals surface area contributed by atoms with E-state index in [0.717, 1.165) is 26.1 Å². The summed E-state index contributed by atoms with van der Waals surface area (Å²) in [7, 11) is 4.04. The highest BCUT2D eigenvalue weighted by atomic mass is 79.9. The van der Waals surface area contributed by atoms with Crippen LogP contribution >= 0.6 is 47.8 Å². The van der Waals surface area contributed by atoms with Crippen LogP contribution in [0.5, 0.6) is 0 Å². The molecule has 1 aromatic heterocycles. The summed E-state index contributed by atoms with van der Waals surface area (Å²) in [5.74, 6) is 0.864. The molecule has 0 aliphatic rings. The lowest BCUT2D eigenvalue weighted by atomic mass is 10.2. The van der Waals surface area contributed by atoms with E-state index in [2.05, 4.69) is 70.1 Å². The molecule has 2 rings (SSSR count). The lowest BCUT2D eigenvalue weighted by Gasteiger charge is -2.18. The molecule has 0 aliphatic heterocycles. The predicted octanol–water partition coefficient (Wildman–Crippen LogP) is 5.25. The maximum Gasteiger partial charge on any atom is 0.183 e. The van der Waals surface area contributed by atoms with Gasteiger partial charge in [0.15, 0.2) is 4.67 Å². The van der Waals surface area contributed by atoms with Gasteiger partial charge in [-0.2, -0.15) is 0 Å². The van der Waals surface area contributed by atoms with E-state index < -0.39 is 0 Å². The van der Waals surface area contributed by atoms with Gasteiger partial charge in [0.25, 0.3) is 0 Å². The smallest absolute Gasteiger partial charge is 0.183 e. The number of hydrogen-bond acceptors (Lipinski definition) is 3. The molecule has 0 saturated carbocycles. The fourth-order valence-corrected chi connectivity index (χ4v) is 2.72. The molecule has 0 radical (unpaired) electrons. The van der Waals surface area contributed by atoms with E-state index in [1.807, 2.05) is 26.2 Å². The molecule has 0 fully saturated rings. The van der Waals surface area contributed by atoms with Crippen molar-refractivity contribution in [2.75, 3.05) is 24.3 Å². The van der Waals surface area contributed by atoms with Crippen molar-refractivity contribution < 1.29 is 4.42 Å². The maximum absolute atomic E-state index is 5.55. The Morgan fingerprint density at radius 3 is 2.47 bits per heavy atom. The topological polar surface area (TPSA) is 28.4 Å². The Morgan fingerprint density at radius 1 is 1.16 bits per heavy atom. The third-order valence-corrected chi connectivity index (χ3v) is 4.79. The Labute approximate surface area is 137 Å². The summed E-state index contributed by atoms with van der Waals surface area (Å²) in [6.07, 6.45) is 0. The van der Waals surface area contributed by atoms with Crippen molar-refractivity contribution in [2.24, 2.45) is 0 Å². The van der Waals surface area contributed by atoms with Crippen LogP contribution in [0.3, 0.4) is 0 Å².